The molecule has 0 unspecified atom stereocenters. The molecule has 0 aliphatic heterocycles. The van der Waals surface area contributed by atoms with E-state index >= 15 is 0 Å². The highest BCUT2D eigenvalue weighted by atomic mass is 16.5. The van der Waals surface area contributed by atoms with Gasteiger partial charge in [-0.15, -0.1) is 0 Å². The van der Waals surface area contributed by atoms with Crippen molar-refractivity contribution in [3.63, 3.8) is 0 Å². The van der Waals surface area contributed by atoms with Crippen molar-refractivity contribution in [3.05, 3.63) is 69.6 Å². The number of amides is 2. The zero-order valence-corrected chi connectivity index (χ0v) is 29.2. The molecule has 0 radical (unpaired) electrons. The largest absolute Gasteiger partial charge is 0.493 e. The summed E-state index contributed by atoms with van der Waals surface area (Å²) in [7, 11) is 4.72. The lowest BCUT2D eigenvalue weighted by molar-refractivity contribution is -0.119. The molecule has 1 aliphatic rings. The molecule has 11 nitrogen and oxygen atoms in total. The molecule has 2 amide bonds. The Hall–Kier alpha value is -5.06. The maximum atomic E-state index is 13.5. The van der Waals surface area contributed by atoms with E-state index in [1.165, 1.54) is 6.92 Å². The molecule has 0 spiro atoms. The van der Waals surface area contributed by atoms with Crippen molar-refractivity contribution >= 4 is 34.2 Å². The number of aromatic amines is 1. The van der Waals surface area contributed by atoms with Crippen molar-refractivity contribution < 1.29 is 23.8 Å². The van der Waals surface area contributed by atoms with E-state index in [2.05, 4.69) is 39.8 Å². The second-order valence-corrected chi connectivity index (χ2v) is 12.9. The summed E-state index contributed by atoms with van der Waals surface area (Å²) in [6.45, 7) is 6.36. The van der Waals surface area contributed by atoms with Crippen LogP contribution in [0.15, 0.2) is 47.3 Å². The lowest BCUT2D eigenvalue weighted by atomic mass is 9.95. The first kappa shape index (κ1) is 35.3. The number of nitrogens with one attached hydrogen (secondary N) is 4. The van der Waals surface area contributed by atoms with Crippen LogP contribution in [-0.4, -0.2) is 49.7 Å². The Morgan fingerprint density at radius 2 is 1.78 bits per heavy atom. The van der Waals surface area contributed by atoms with Crippen LogP contribution in [0.2, 0.25) is 0 Å². The Labute approximate surface area is 287 Å². The number of nitrogens with zero attached hydrogens (tertiary/aromatic N) is 1. The number of aryl methyl sites for hydroxylation is 1. The molecule has 1 atom stereocenters. The van der Waals surface area contributed by atoms with Crippen molar-refractivity contribution in [1.29, 1.82) is 0 Å². The number of rotatable bonds is 14. The Morgan fingerprint density at radius 1 is 0.980 bits per heavy atom. The quantitative estimate of drug-likeness (QED) is 0.111. The van der Waals surface area contributed by atoms with Crippen LogP contribution >= 0.6 is 0 Å². The summed E-state index contributed by atoms with van der Waals surface area (Å²) >= 11 is 0. The van der Waals surface area contributed by atoms with Gasteiger partial charge >= 0.3 is 0 Å². The molecule has 0 bridgehead atoms. The number of hydrogen-bond donors (Lipinski definition) is 4. The number of methoxy groups -OCH3 is 3. The first-order chi connectivity index (χ1) is 23.6. The highest BCUT2D eigenvalue weighted by Crippen LogP contribution is 2.50. The number of hydrogen-bond acceptors (Lipinski definition) is 8. The predicted molar refractivity (Wildman–Crippen MR) is 193 cm³/mol. The lowest BCUT2D eigenvalue weighted by Gasteiger charge is -2.19. The fraction of sp³-hybridized carbons (Fsp3) is 0.421. The van der Waals surface area contributed by atoms with E-state index in [0.717, 1.165) is 64.9 Å². The third-order valence-electron chi connectivity index (χ3n) is 8.73. The summed E-state index contributed by atoms with van der Waals surface area (Å²) in [4.78, 5) is 46.3. The van der Waals surface area contributed by atoms with Gasteiger partial charge in [-0.2, -0.15) is 0 Å². The molecule has 49 heavy (non-hydrogen) atoms. The molecule has 4 N–H and O–H groups in total. The molecule has 1 heterocycles. The van der Waals surface area contributed by atoms with Crippen LogP contribution in [0.25, 0.3) is 22.2 Å². The van der Waals surface area contributed by atoms with Crippen LogP contribution in [0.3, 0.4) is 0 Å². The first-order valence-electron chi connectivity index (χ1n) is 16.9. The number of anilines is 2. The van der Waals surface area contributed by atoms with Gasteiger partial charge in [0.25, 0.3) is 0 Å². The number of carbonyl (C=O) groups is 2. The number of carbonyl (C=O) groups excluding carboxylic acids is 2. The van der Waals surface area contributed by atoms with E-state index in [1.807, 2.05) is 30.3 Å². The molecule has 1 aromatic heterocycles. The topological polar surface area (TPSA) is 144 Å². The molecular formula is C38H47N5O6. The van der Waals surface area contributed by atoms with Gasteiger partial charge in [-0.25, -0.2) is 4.98 Å². The maximum absolute atomic E-state index is 13.5. The average molecular weight is 670 g/mol. The number of unbranched alkanes of at least 4 members (excludes halogenated alkanes) is 2. The van der Waals surface area contributed by atoms with Crippen LogP contribution in [0.1, 0.15) is 75.9 Å². The summed E-state index contributed by atoms with van der Waals surface area (Å²) in [6, 6.07) is 12.6. The van der Waals surface area contributed by atoms with E-state index in [9.17, 15) is 14.4 Å². The van der Waals surface area contributed by atoms with E-state index < -0.39 is 0 Å². The molecule has 0 saturated carbocycles. The summed E-state index contributed by atoms with van der Waals surface area (Å²) in [5.41, 5.74) is 6.11. The zero-order valence-electron chi connectivity index (χ0n) is 29.2. The Balaban J connectivity index is 1.23. The number of aromatic nitrogens is 2. The van der Waals surface area contributed by atoms with Gasteiger partial charge in [0.1, 0.15) is 5.82 Å². The van der Waals surface area contributed by atoms with Crippen LogP contribution < -0.4 is 35.6 Å². The van der Waals surface area contributed by atoms with Gasteiger partial charge in [-0.1, -0.05) is 26.3 Å². The van der Waals surface area contributed by atoms with Crippen molar-refractivity contribution in [3.8, 4) is 28.4 Å². The number of ether oxygens (including phenoxy) is 3. The fourth-order valence-electron chi connectivity index (χ4n) is 6.51. The van der Waals surface area contributed by atoms with Crippen LogP contribution in [0.5, 0.6) is 17.2 Å². The Bertz CT molecular complexity index is 1890. The molecule has 4 aromatic rings. The molecule has 1 aliphatic carbocycles. The highest BCUT2D eigenvalue weighted by molar-refractivity contribution is 5.93. The van der Waals surface area contributed by atoms with Gasteiger partial charge in [0.2, 0.25) is 23.0 Å². The van der Waals surface area contributed by atoms with Gasteiger partial charge in [-0.05, 0) is 84.7 Å². The maximum Gasteiger partial charge on any atom is 0.224 e. The molecule has 0 saturated heterocycles. The van der Waals surface area contributed by atoms with Crippen LogP contribution in [-0.2, 0) is 22.4 Å². The summed E-state index contributed by atoms with van der Waals surface area (Å²) in [5.74, 6) is 2.76. The monoisotopic (exact) mass is 669 g/mol. The standard InChI is InChI=1S/C38H47N5O6/c1-22(2)18-34-42-29-15-12-25(20-31(29)43-34)41-35(46)10-8-7-9-17-39-30-16-13-26-27(21-32(30)45)28(40-23(3)44)14-11-24-19-33(47-4)37(48-5)38(49-6)36(24)26/h12-13,15-16,19-22,28H,7-11,14,17-18H2,1-6H3,(H,39,45)(H,40,44)(H,41,46)(H,42,43)/t28-/m0/s1. The third-order valence-corrected chi connectivity index (χ3v) is 8.73. The highest BCUT2D eigenvalue weighted by Gasteiger charge is 2.29. The Kier molecular flexibility index (Phi) is 11.4. The van der Waals surface area contributed by atoms with Gasteiger partial charge in [0, 0.05) is 37.6 Å². The average Bonchev–Trinajstić information content (AvgIpc) is 3.31. The third kappa shape index (κ3) is 8.33. The smallest absolute Gasteiger partial charge is 0.224 e. The van der Waals surface area contributed by atoms with Crippen molar-refractivity contribution in [2.24, 2.45) is 5.92 Å². The van der Waals surface area contributed by atoms with Crippen molar-refractivity contribution in [1.82, 2.24) is 15.3 Å². The Morgan fingerprint density at radius 3 is 2.49 bits per heavy atom. The minimum Gasteiger partial charge on any atom is -0.493 e. The molecule has 5 rings (SSSR count). The predicted octanol–water partition coefficient (Wildman–Crippen LogP) is 6.55. The molecule has 3 aromatic carbocycles. The lowest BCUT2D eigenvalue weighted by Crippen LogP contribution is -2.26. The number of H-pyrrole nitrogens is 1. The summed E-state index contributed by atoms with van der Waals surface area (Å²) in [6.07, 6.45) is 4.82. The summed E-state index contributed by atoms with van der Waals surface area (Å²) < 4.78 is 17.1. The SMILES string of the molecule is COc1cc2c(c(OC)c1OC)-c1ccc(NCCCCCC(=O)Nc3ccc4nc(CC(C)C)[nH]c4c3)c(=O)cc1[C@@H](NC(C)=O)CC2. The van der Waals surface area contributed by atoms with Gasteiger partial charge in [-0.3, -0.25) is 14.4 Å². The fourth-order valence-corrected chi connectivity index (χ4v) is 6.51. The van der Waals surface area contributed by atoms with Crippen LogP contribution in [0, 0.1) is 5.92 Å². The van der Waals surface area contributed by atoms with E-state index in [0.29, 0.717) is 60.2 Å². The second kappa shape index (κ2) is 15.9. The van der Waals surface area contributed by atoms with Gasteiger partial charge in [0.05, 0.1) is 44.1 Å². The minimum absolute atomic E-state index is 0.0358. The zero-order chi connectivity index (χ0) is 35.1. The molecular weight excluding hydrogens is 622 g/mol. The van der Waals surface area contributed by atoms with E-state index in [4.69, 9.17) is 14.2 Å². The minimum atomic E-state index is -0.371. The van der Waals surface area contributed by atoms with E-state index in [1.54, 1.807) is 33.5 Å². The first-order valence-corrected chi connectivity index (χ1v) is 16.9. The van der Waals surface area contributed by atoms with Crippen LogP contribution in [0.4, 0.5) is 11.4 Å². The van der Waals surface area contributed by atoms with E-state index in [-0.39, 0.29) is 23.3 Å². The number of fused-ring (bicyclic) bond motifs is 4. The second-order valence-electron chi connectivity index (χ2n) is 12.9. The normalized spacial score (nSPS) is 13.7. The number of imidazole rings is 1. The number of benzene rings is 2. The van der Waals surface area contributed by atoms with Crippen molar-refractivity contribution in [2.75, 3.05) is 38.5 Å². The molecule has 0 fully saturated rings. The molecule has 260 valence electrons. The van der Waals surface area contributed by atoms with Gasteiger partial charge < -0.3 is 35.1 Å². The summed E-state index contributed by atoms with van der Waals surface area (Å²) in [5, 5.41) is 9.32. The van der Waals surface area contributed by atoms with Crippen molar-refractivity contribution in [2.45, 2.75) is 71.8 Å². The molecule has 11 heteroatoms. The van der Waals surface area contributed by atoms with Gasteiger partial charge in [0.15, 0.2) is 11.5 Å².